The maximum absolute atomic E-state index is 9.80. The van der Waals surface area contributed by atoms with Crippen LogP contribution < -0.4 is 0 Å². The Kier molecular flexibility index (Phi) is 4.90. The fourth-order valence-electron chi connectivity index (χ4n) is 2.56. The highest BCUT2D eigenvalue weighted by atomic mass is 16.3. The number of rotatable bonds is 5. The van der Waals surface area contributed by atoms with E-state index in [2.05, 4.69) is 25.7 Å². The van der Waals surface area contributed by atoms with Gasteiger partial charge in [0.25, 0.3) is 0 Å². The van der Waals surface area contributed by atoms with E-state index in [0.717, 1.165) is 25.4 Å². The molecule has 1 fully saturated rings. The lowest BCUT2D eigenvalue weighted by Crippen LogP contribution is -2.39. The van der Waals surface area contributed by atoms with E-state index >= 15 is 0 Å². The van der Waals surface area contributed by atoms with Gasteiger partial charge in [-0.25, -0.2) is 0 Å². The zero-order valence-corrected chi connectivity index (χ0v) is 9.87. The van der Waals surface area contributed by atoms with Gasteiger partial charge in [0, 0.05) is 18.6 Å². The third-order valence-electron chi connectivity index (χ3n) is 3.47. The van der Waals surface area contributed by atoms with Crippen molar-refractivity contribution in [2.45, 2.75) is 71.1 Å². The molecule has 0 radical (unpaired) electrons. The fraction of sp³-hybridized carbons (Fsp3) is 1.00. The molecule has 0 amide bonds. The van der Waals surface area contributed by atoms with Crippen LogP contribution in [0.2, 0.25) is 0 Å². The molecule has 1 aliphatic heterocycles. The number of hydrogen-bond acceptors (Lipinski definition) is 2. The standard InChI is InChI=1S/C12H25NO/c1-4-6-12(14)9-13-10(3)7-8-11(13)5-2/h10-12,14H,4-9H2,1-3H3. The minimum atomic E-state index is -0.116. The highest BCUT2D eigenvalue weighted by molar-refractivity contribution is 4.85. The maximum atomic E-state index is 9.80. The molecule has 1 heterocycles. The summed E-state index contributed by atoms with van der Waals surface area (Å²) in [6.07, 6.45) is 5.76. The lowest BCUT2D eigenvalue weighted by Gasteiger charge is -2.29. The number of likely N-dealkylation sites (tertiary alicyclic amines) is 1. The number of hydrogen-bond donors (Lipinski definition) is 1. The first-order chi connectivity index (χ1) is 6.69. The summed E-state index contributed by atoms with van der Waals surface area (Å²) in [4.78, 5) is 2.50. The molecule has 0 spiro atoms. The molecule has 1 saturated heterocycles. The molecule has 0 aliphatic carbocycles. The number of aliphatic hydroxyl groups is 1. The van der Waals surface area contributed by atoms with Gasteiger partial charge in [-0.1, -0.05) is 20.3 Å². The average Bonchev–Trinajstić information content (AvgIpc) is 2.48. The van der Waals surface area contributed by atoms with Crippen LogP contribution in [0.25, 0.3) is 0 Å². The Labute approximate surface area is 88.3 Å². The van der Waals surface area contributed by atoms with Gasteiger partial charge < -0.3 is 5.11 Å². The second-order valence-corrected chi connectivity index (χ2v) is 4.63. The van der Waals surface area contributed by atoms with Crippen LogP contribution in [0.5, 0.6) is 0 Å². The smallest absolute Gasteiger partial charge is 0.0667 e. The van der Waals surface area contributed by atoms with E-state index in [-0.39, 0.29) is 6.10 Å². The first kappa shape index (κ1) is 12.0. The Morgan fingerprint density at radius 1 is 1.36 bits per heavy atom. The van der Waals surface area contributed by atoms with E-state index in [4.69, 9.17) is 0 Å². The van der Waals surface area contributed by atoms with E-state index in [1.807, 2.05) is 0 Å². The Balaban J connectivity index is 2.40. The summed E-state index contributed by atoms with van der Waals surface area (Å²) in [5.74, 6) is 0. The summed E-state index contributed by atoms with van der Waals surface area (Å²) in [6, 6.07) is 1.39. The predicted molar refractivity (Wildman–Crippen MR) is 60.4 cm³/mol. The molecule has 0 saturated carbocycles. The van der Waals surface area contributed by atoms with Crippen LogP contribution in [-0.2, 0) is 0 Å². The zero-order chi connectivity index (χ0) is 10.6. The normalized spacial score (nSPS) is 30.9. The highest BCUT2D eigenvalue weighted by Gasteiger charge is 2.30. The SMILES string of the molecule is CCCC(O)CN1C(C)CCC1CC. The molecule has 2 heteroatoms. The topological polar surface area (TPSA) is 23.5 Å². The molecule has 1 aliphatic rings. The minimum Gasteiger partial charge on any atom is -0.392 e. The van der Waals surface area contributed by atoms with Gasteiger partial charge in [0.2, 0.25) is 0 Å². The van der Waals surface area contributed by atoms with Crippen molar-refractivity contribution in [2.75, 3.05) is 6.54 Å². The second kappa shape index (κ2) is 5.72. The summed E-state index contributed by atoms with van der Waals surface area (Å²) in [5, 5.41) is 9.80. The van der Waals surface area contributed by atoms with E-state index in [1.165, 1.54) is 19.3 Å². The Bertz CT molecular complexity index is 160. The van der Waals surface area contributed by atoms with Gasteiger partial charge in [-0.3, -0.25) is 4.90 Å². The summed E-state index contributed by atoms with van der Waals surface area (Å²) in [5.41, 5.74) is 0. The van der Waals surface area contributed by atoms with Crippen LogP contribution in [0.1, 0.15) is 52.9 Å². The average molecular weight is 199 g/mol. The predicted octanol–water partition coefficient (Wildman–Crippen LogP) is 2.41. The molecular weight excluding hydrogens is 174 g/mol. The minimum absolute atomic E-state index is 0.116. The Morgan fingerprint density at radius 3 is 2.64 bits per heavy atom. The van der Waals surface area contributed by atoms with Crippen LogP contribution in [0.4, 0.5) is 0 Å². The monoisotopic (exact) mass is 199 g/mol. The molecule has 3 unspecified atom stereocenters. The molecule has 0 bridgehead atoms. The molecule has 3 atom stereocenters. The molecular formula is C12H25NO. The number of nitrogens with zero attached hydrogens (tertiary/aromatic N) is 1. The van der Waals surface area contributed by atoms with E-state index < -0.39 is 0 Å². The van der Waals surface area contributed by atoms with Crippen LogP contribution in [0.3, 0.4) is 0 Å². The van der Waals surface area contributed by atoms with Crippen molar-refractivity contribution in [1.82, 2.24) is 4.90 Å². The molecule has 0 aromatic rings. The van der Waals surface area contributed by atoms with Gasteiger partial charge in [0.15, 0.2) is 0 Å². The molecule has 1 N–H and O–H groups in total. The quantitative estimate of drug-likeness (QED) is 0.735. The number of β-amino-alcohol motifs (C(OH)–C–C–N with tert-alkyl or cyclic N) is 1. The lowest BCUT2D eigenvalue weighted by molar-refractivity contribution is 0.0799. The first-order valence-electron chi connectivity index (χ1n) is 6.12. The van der Waals surface area contributed by atoms with Crippen molar-refractivity contribution >= 4 is 0 Å². The lowest BCUT2D eigenvalue weighted by atomic mass is 10.1. The summed E-state index contributed by atoms with van der Waals surface area (Å²) < 4.78 is 0. The first-order valence-corrected chi connectivity index (χ1v) is 6.12. The summed E-state index contributed by atoms with van der Waals surface area (Å²) in [7, 11) is 0. The second-order valence-electron chi connectivity index (χ2n) is 4.63. The van der Waals surface area contributed by atoms with Gasteiger partial charge in [-0.15, -0.1) is 0 Å². The molecule has 2 nitrogen and oxygen atoms in total. The van der Waals surface area contributed by atoms with Crippen molar-refractivity contribution in [3.05, 3.63) is 0 Å². The molecule has 84 valence electrons. The highest BCUT2D eigenvalue weighted by Crippen LogP contribution is 2.26. The van der Waals surface area contributed by atoms with Gasteiger partial charge in [0.1, 0.15) is 0 Å². The fourth-order valence-corrected chi connectivity index (χ4v) is 2.56. The molecule has 1 rings (SSSR count). The summed E-state index contributed by atoms with van der Waals surface area (Å²) in [6.45, 7) is 7.55. The molecule has 0 aromatic carbocycles. The van der Waals surface area contributed by atoms with Gasteiger partial charge >= 0.3 is 0 Å². The van der Waals surface area contributed by atoms with Crippen molar-refractivity contribution in [3.8, 4) is 0 Å². The van der Waals surface area contributed by atoms with E-state index in [9.17, 15) is 5.11 Å². The van der Waals surface area contributed by atoms with Crippen molar-refractivity contribution in [3.63, 3.8) is 0 Å². The van der Waals surface area contributed by atoms with Gasteiger partial charge in [-0.05, 0) is 32.6 Å². The van der Waals surface area contributed by atoms with Crippen molar-refractivity contribution < 1.29 is 5.11 Å². The van der Waals surface area contributed by atoms with E-state index in [0.29, 0.717) is 6.04 Å². The van der Waals surface area contributed by atoms with Gasteiger partial charge in [0.05, 0.1) is 6.10 Å². The largest absolute Gasteiger partial charge is 0.392 e. The molecule has 0 aromatic heterocycles. The van der Waals surface area contributed by atoms with Crippen LogP contribution in [-0.4, -0.2) is 34.7 Å². The third kappa shape index (κ3) is 2.96. The van der Waals surface area contributed by atoms with Crippen LogP contribution in [0.15, 0.2) is 0 Å². The zero-order valence-electron chi connectivity index (χ0n) is 9.87. The maximum Gasteiger partial charge on any atom is 0.0667 e. The number of aliphatic hydroxyl groups excluding tert-OH is 1. The van der Waals surface area contributed by atoms with Gasteiger partial charge in [-0.2, -0.15) is 0 Å². The van der Waals surface area contributed by atoms with Crippen LogP contribution in [0, 0.1) is 0 Å². The Morgan fingerprint density at radius 2 is 2.07 bits per heavy atom. The van der Waals surface area contributed by atoms with E-state index in [1.54, 1.807) is 0 Å². The third-order valence-corrected chi connectivity index (χ3v) is 3.47. The van der Waals surface area contributed by atoms with Crippen LogP contribution >= 0.6 is 0 Å². The Hall–Kier alpha value is -0.0800. The summed E-state index contributed by atoms with van der Waals surface area (Å²) >= 11 is 0. The van der Waals surface area contributed by atoms with Crippen molar-refractivity contribution in [2.24, 2.45) is 0 Å². The van der Waals surface area contributed by atoms with Crippen molar-refractivity contribution in [1.29, 1.82) is 0 Å². The molecule has 14 heavy (non-hydrogen) atoms.